The first-order valence-corrected chi connectivity index (χ1v) is 6.77. The molecule has 0 radical (unpaired) electrons. The molecule has 6 heteroatoms. The molecule has 1 unspecified atom stereocenters. The molecule has 2 N–H and O–H groups in total. The van der Waals surface area contributed by atoms with E-state index < -0.39 is 10.0 Å². The second-order valence-corrected chi connectivity index (χ2v) is 5.62. The van der Waals surface area contributed by atoms with Crippen molar-refractivity contribution in [3.05, 3.63) is 24.3 Å². The number of hydrogen-bond donors (Lipinski definition) is 2. The molecule has 0 saturated carbocycles. The van der Waals surface area contributed by atoms with E-state index in [1.54, 1.807) is 25.3 Å². The predicted molar refractivity (Wildman–Crippen MR) is 67.6 cm³/mol. The van der Waals surface area contributed by atoms with Crippen LogP contribution in [0.15, 0.2) is 29.2 Å². The molecule has 0 aliphatic heterocycles. The first-order valence-electron chi connectivity index (χ1n) is 5.28. The smallest absolute Gasteiger partial charge is 0.240 e. The zero-order valence-electron chi connectivity index (χ0n) is 10.2. The van der Waals surface area contributed by atoms with Crippen molar-refractivity contribution in [2.24, 2.45) is 0 Å². The fourth-order valence-electron chi connectivity index (χ4n) is 1.45. The maximum Gasteiger partial charge on any atom is 0.240 e. The molecule has 0 heterocycles. The van der Waals surface area contributed by atoms with Gasteiger partial charge in [-0.2, -0.15) is 0 Å². The normalized spacial score (nSPS) is 13.4. The molecule has 0 saturated heterocycles. The number of anilines is 1. The second-order valence-electron chi connectivity index (χ2n) is 3.74. The van der Waals surface area contributed by atoms with E-state index in [4.69, 9.17) is 4.74 Å². The maximum atomic E-state index is 11.6. The summed E-state index contributed by atoms with van der Waals surface area (Å²) in [5.74, 6) is 0. The first-order chi connectivity index (χ1) is 7.99. The van der Waals surface area contributed by atoms with Crippen LogP contribution in [0.5, 0.6) is 0 Å². The van der Waals surface area contributed by atoms with E-state index in [9.17, 15) is 8.42 Å². The van der Waals surface area contributed by atoms with Gasteiger partial charge in [0, 0.05) is 18.8 Å². The molecule has 0 bridgehead atoms. The Balaban J connectivity index is 2.87. The molecule has 0 fully saturated rings. The summed E-state index contributed by atoms with van der Waals surface area (Å²) in [6.07, 6.45) is 0. The third-order valence-corrected chi connectivity index (χ3v) is 3.65. The Morgan fingerprint density at radius 2 is 2.12 bits per heavy atom. The minimum Gasteiger partial charge on any atom is -0.383 e. The van der Waals surface area contributed by atoms with Gasteiger partial charge in [-0.1, -0.05) is 6.07 Å². The lowest BCUT2D eigenvalue weighted by Crippen LogP contribution is -2.22. The van der Waals surface area contributed by atoms with Crippen molar-refractivity contribution in [2.75, 3.05) is 26.1 Å². The number of hydrogen-bond acceptors (Lipinski definition) is 4. The van der Waals surface area contributed by atoms with Gasteiger partial charge in [0.05, 0.1) is 11.5 Å². The van der Waals surface area contributed by atoms with Crippen LogP contribution in [0.4, 0.5) is 5.69 Å². The summed E-state index contributed by atoms with van der Waals surface area (Å²) in [5, 5.41) is 3.16. The van der Waals surface area contributed by atoms with E-state index in [-0.39, 0.29) is 10.9 Å². The lowest BCUT2D eigenvalue weighted by atomic mass is 10.3. The Labute approximate surface area is 102 Å². The standard InChI is InChI=1S/C11H18N2O3S/c1-9(8-16-3)13-10-5-4-6-11(7-10)17(14,15)12-2/h4-7,9,12-13H,8H2,1-3H3. The van der Waals surface area contributed by atoms with E-state index in [0.717, 1.165) is 5.69 Å². The highest BCUT2D eigenvalue weighted by Gasteiger charge is 2.11. The lowest BCUT2D eigenvalue weighted by molar-refractivity contribution is 0.190. The number of rotatable bonds is 6. The van der Waals surface area contributed by atoms with E-state index in [1.165, 1.54) is 7.05 Å². The van der Waals surface area contributed by atoms with Crippen LogP contribution in [0.1, 0.15) is 6.92 Å². The third kappa shape index (κ3) is 3.99. The molecule has 0 aromatic heterocycles. The Bertz CT molecular complexity index is 460. The highest BCUT2D eigenvalue weighted by atomic mass is 32.2. The monoisotopic (exact) mass is 258 g/mol. The number of benzene rings is 1. The summed E-state index contributed by atoms with van der Waals surface area (Å²) < 4.78 is 30.5. The molecular formula is C11H18N2O3S. The summed E-state index contributed by atoms with van der Waals surface area (Å²) in [6.45, 7) is 2.52. The Morgan fingerprint density at radius 1 is 1.41 bits per heavy atom. The summed E-state index contributed by atoms with van der Waals surface area (Å²) in [4.78, 5) is 0.245. The van der Waals surface area contributed by atoms with Crippen LogP contribution in [0.25, 0.3) is 0 Å². The molecule has 5 nitrogen and oxygen atoms in total. The number of sulfonamides is 1. The van der Waals surface area contributed by atoms with E-state index in [2.05, 4.69) is 10.0 Å². The molecule has 96 valence electrons. The van der Waals surface area contributed by atoms with Gasteiger partial charge in [-0.15, -0.1) is 0 Å². The fourth-order valence-corrected chi connectivity index (χ4v) is 2.22. The highest BCUT2D eigenvalue weighted by Crippen LogP contribution is 2.15. The van der Waals surface area contributed by atoms with Crippen molar-refractivity contribution < 1.29 is 13.2 Å². The van der Waals surface area contributed by atoms with Crippen molar-refractivity contribution in [2.45, 2.75) is 17.9 Å². The zero-order valence-corrected chi connectivity index (χ0v) is 11.0. The Kier molecular flexibility index (Phi) is 4.92. The van der Waals surface area contributed by atoms with Gasteiger partial charge < -0.3 is 10.1 Å². The van der Waals surface area contributed by atoms with Gasteiger partial charge in [-0.05, 0) is 32.2 Å². The molecular weight excluding hydrogens is 240 g/mol. The summed E-state index contributed by atoms with van der Waals surface area (Å²) in [6, 6.07) is 6.79. The summed E-state index contributed by atoms with van der Waals surface area (Å²) in [7, 11) is -0.373. The first kappa shape index (κ1) is 14.0. The highest BCUT2D eigenvalue weighted by molar-refractivity contribution is 7.89. The van der Waals surface area contributed by atoms with E-state index in [0.29, 0.717) is 6.61 Å². The molecule has 0 aliphatic rings. The summed E-state index contributed by atoms with van der Waals surface area (Å²) in [5.41, 5.74) is 0.755. The molecule has 0 amide bonds. The fraction of sp³-hybridized carbons (Fsp3) is 0.455. The molecule has 1 aromatic rings. The van der Waals surface area contributed by atoms with E-state index in [1.807, 2.05) is 13.0 Å². The minimum atomic E-state index is -3.39. The van der Waals surface area contributed by atoms with Crippen LogP contribution in [-0.2, 0) is 14.8 Å². The minimum absolute atomic E-state index is 0.118. The molecule has 17 heavy (non-hydrogen) atoms. The van der Waals surface area contributed by atoms with Crippen molar-refractivity contribution >= 4 is 15.7 Å². The van der Waals surface area contributed by atoms with Gasteiger partial charge in [0.25, 0.3) is 0 Å². The molecule has 1 aromatic carbocycles. The van der Waals surface area contributed by atoms with Crippen LogP contribution in [0, 0.1) is 0 Å². The van der Waals surface area contributed by atoms with Gasteiger partial charge in [0.1, 0.15) is 0 Å². The van der Waals surface area contributed by atoms with Gasteiger partial charge in [0.15, 0.2) is 0 Å². The second kappa shape index (κ2) is 6.00. The zero-order chi connectivity index (χ0) is 12.9. The van der Waals surface area contributed by atoms with Gasteiger partial charge in [-0.25, -0.2) is 13.1 Å². The van der Waals surface area contributed by atoms with Crippen molar-refractivity contribution in [3.63, 3.8) is 0 Å². The molecule has 0 aliphatic carbocycles. The Morgan fingerprint density at radius 3 is 2.71 bits per heavy atom. The van der Waals surface area contributed by atoms with Crippen LogP contribution >= 0.6 is 0 Å². The Hall–Kier alpha value is -1.11. The summed E-state index contributed by atoms with van der Waals surface area (Å²) >= 11 is 0. The van der Waals surface area contributed by atoms with E-state index >= 15 is 0 Å². The lowest BCUT2D eigenvalue weighted by Gasteiger charge is -2.14. The average molecular weight is 258 g/mol. The molecule has 1 rings (SSSR count). The van der Waals surface area contributed by atoms with Crippen LogP contribution < -0.4 is 10.0 Å². The van der Waals surface area contributed by atoms with Crippen LogP contribution in [0.3, 0.4) is 0 Å². The number of methoxy groups -OCH3 is 1. The molecule has 1 atom stereocenters. The van der Waals surface area contributed by atoms with Crippen LogP contribution in [0.2, 0.25) is 0 Å². The van der Waals surface area contributed by atoms with Crippen molar-refractivity contribution in [1.29, 1.82) is 0 Å². The average Bonchev–Trinajstić information content (AvgIpc) is 2.29. The molecule has 0 spiro atoms. The van der Waals surface area contributed by atoms with Crippen molar-refractivity contribution in [3.8, 4) is 0 Å². The van der Waals surface area contributed by atoms with Crippen molar-refractivity contribution in [1.82, 2.24) is 4.72 Å². The SMILES string of the molecule is CNS(=O)(=O)c1cccc(NC(C)COC)c1. The van der Waals surface area contributed by atoms with Crippen LogP contribution in [-0.4, -0.2) is 35.2 Å². The third-order valence-electron chi connectivity index (χ3n) is 2.24. The maximum absolute atomic E-state index is 11.6. The quantitative estimate of drug-likeness (QED) is 0.800. The largest absolute Gasteiger partial charge is 0.383 e. The van der Waals surface area contributed by atoms with Gasteiger partial charge >= 0.3 is 0 Å². The van der Waals surface area contributed by atoms with Gasteiger partial charge in [0.2, 0.25) is 10.0 Å². The number of ether oxygens (including phenoxy) is 1. The predicted octanol–water partition coefficient (Wildman–Crippen LogP) is 1.04. The van der Waals surface area contributed by atoms with Gasteiger partial charge in [-0.3, -0.25) is 0 Å². The number of nitrogens with one attached hydrogen (secondary N) is 2. The topological polar surface area (TPSA) is 67.4 Å².